The zero-order valence-electron chi connectivity index (χ0n) is 11.5. The van der Waals surface area contributed by atoms with Gasteiger partial charge in [0.05, 0.1) is 10.5 Å². The molecule has 1 aromatic rings. The van der Waals surface area contributed by atoms with E-state index in [9.17, 15) is 13.2 Å². The van der Waals surface area contributed by atoms with Crippen molar-refractivity contribution in [2.24, 2.45) is 10.9 Å². The molecule has 1 saturated heterocycles. The molecule has 0 radical (unpaired) electrons. The number of benzene rings is 1. The SMILES string of the molecule is NC[C@@H]1CCCCN1C(=O)c1cc(S(N)(=O)=O)ccc1Br. The van der Waals surface area contributed by atoms with Crippen LogP contribution >= 0.6 is 15.9 Å². The maximum atomic E-state index is 12.7. The number of carbonyl (C=O) groups excluding carboxylic acids is 1. The number of sulfonamides is 1. The van der Waals surface area contributed by atoms with Crippen LogP contribution in [-0.2, 0) is 10.0 Å². The van der Waals surface area contributed by atoms with Gasteiger partial charge in [0.1, 0.15) is 0 Å². The molecule has 1 atom stereocenters. The van der Waals surface area contributed by atoms with E-state index < -0.39 is 10.0 Å². The molecule has 1 aromatic carbocycles. The van der Waals surface area contributed by atoms with Crippen LogP contribution in [0.2, 0.25) is 0 Å². The third kappa shape index (κ3) is 3.63. The first-order valence-electron chi connectivity index (χ1n) is 6.68. The summed E-state index contributed by atoms with van der Waals surface area (Å²) in [6.45, 7) is 1.03. The normalized spacial score (nSPS) is 19.6. The summed E-state index contributed by atoms with van der Waals surface area (Å²) in [6.07, 6.45) is 2.84. The third-order valence-corrected chi connectivity index (χ3v) is 5.26. The van der Waals surface area contributed by atoms with Crippen molar-refractivity contribution in [2.75, 3.05) is 13.1 Å². The summed E-state index contributed by atoms with van der Waals surface area (Å²) in [5.41, 5.74) is 6.02. The number of halogens is 1. The Balaban J connectivity index is 2.38. The largest absolute Gasteiger partial charge is 0.334 e. The summed E-state index contributed by atoms with van der Waals surface area (Å²) in [5, 5.41) is 5.12. The van der Waals surface area contributed by atoms with Gasteiger partial charge in [-0.15, -0.1) is 0 Å². The van der Waals surface area contributed by atoms with Gasteiger partial charge in [0.2, 0.25) is 10.0 Å². The van der Waals surface area contributed by atoms with Crippen LogP contribution in [0.15, 0.2) is 27.6 Å². The van der Waals surface area contributed by atoms with Crippen LogP contribution in [0, 0.1) is 0 Å². The summed E-state index contributed by atoms with van der Waals surface area (Å²) >= 11 is 3.29. The van der Waals surface area contributed by atoms with Gasteiger partial charge >= 0.3 is 0 Å². The van der Waals surface area contributed by atoms with Gasteiger partial charge in [0.15, 0.2) is 0 Å². The van der Waals surface area contributed by atoms with Crippen molar-refractivity contribution in [1.29, 1.82) is 0 Å². The minimum Gasteiger partial charge on any atom is -0.334 e. The summed E-state index contributed by atoms with van der Waals surface area (Å²) in [5.74, 6) is -0.220. The lowest BCUT2D eigenvalue weighted by Crippen LogP contribution is -2.47. The fraction of sp³-hybridized carbons (Fsp3) is 0.462. The fourth-order valence-corrected chi connectivity index (χ4v) is 3.47. The highest BCUT2D eigenvalue weighted by atomic mass is 79.9. The molecule has 0 bridgehead atoms. The Morgan fingerprint density at radius 2 is 2.10 bits per heavy atom. The standard InChI is InChI=1S/C13H18BrN3O3S/c14-12-5-4-10(21(16,19)20)7-11(12)13(18)17-6-2-1-3-9(17)8-15/h4-5,7,9H,1-3,6,8,15H2,(H2,16,19,20)/t9-/m0/s1. The van der Waals surface area contributed by atoms with E-state index in [1.807, 2.05) is 0 Å². The molecular formula is C13H18BrN3O3S. The lowest BCUT2D eigenvalue weighted by molar-refractivity contribution is 0.0622. The number of amides is 1. The quantitative estimate of drug-likeness (QED) is 0.822. The molecule has 116 valence electrons. The topological polar surface area (TPSA) is 106 Å². The van der Waals surface area contributed by atoms with E-state index in [0.29, 0.717) is 23.1 Å². The number of carbonyl (C=O) groups is 1. The maximum absolute atomic E-state index is 12.7. The molecule has 0 unspecified atom stereocenters. The van der Waals surface area contributed by atoms with E-state index in [1.54, 1.807) is 4.90 Å². The van der Waals surface area contributed by atoms with E-state index in [1.165, 1.54) is 18.2 Å². The molecule has 1 amide bonds. The molecule has 0 aliphatic carbocycles. The Morgan fingerprint density at radius 3 is 2.71 bits per heavy atom. The van der Waals surface area contributed by atoms with E-state index in [2.05, 4.69) is 15.9 Å². The van der Waals surface area contributed by atoms with Crippen LogP contribution in [0.4, 0.5) is 0 Å². The van der Waals surface area contributed by atoms with E-state index >= 15 is 0 Å². The second-order valence-electron chi connectivity index (χ2n) is 5.07. The first-order chi connectivity index (χ1) is 9.84. The molecule has 4 N–H and O–H groups in total. The molecule has 2 rings (SSSR count). The zero-order valence-corrected chi connectivity index (χ0v) is 13.9. The van der Waals surface area contributed by atoms with Gasteiger partial charge in [-0.3, -0.25) is 4.79 Å². The molecular weight excluding hydrogens is 358 g/mol. The Hall–Kier alpha value is -0.960. The average Bonchev–Trinajstić information content (AvgIpc) is 2.45. The zero-order chi connectivity index (χ0) is 15.6. The van der Waals surface area contributed by atoms with E-state index in [-0.39, 0.29) is 16.8 Å². The highest BCUT2D eigenvalue weighted by Crippen LogP contribution is 2.25. The second kappa shape index (κ2) is 6.43. The highest BCUT2D eigenvalue weighted by molar-refractivity contribution is 9.10. The van der Waals surface area contributed by atoms with Crippen LogP contribution in [0.5, 0.6) is 0 Å². The molecule has 8 heteroatoms. The van der Waals surface area contributed by atoms with Gasteiger partial charge in [0, 0.05) is 23.6 Å². The number of piperidine rings is 1. The number of primary sulfonamides is 1. The Labute approximate surface area is 132 Å². The van der Waals surface area contributed by atoms with Crippen molar-refractivity contribution in [3.8, 4) is 0 Å². The van der Waals surface area contributed by atoms with E-state index in [4.69, 9.17) is 10.9 Å². The number of nitrogens with zero attached hydrogens (tertiary/aromatic N) is 1. The van der Waals surface area contributed by atoms with Crippen LogP contribution < -0.4 is 10.9 Å². The van der Waals surface area contributed by atoms with E-state index in [0.717, 1.165) is 19.3 Å². The van der Waals surface area contributed by atoms with Crippen LogP contribution in [-0.4, -0.2) is 38.4 Å². The molecule has 6 nitrogen and oxygen atoms in total. The Bertz CT molecular complexity index is 648. The van der Waals surface area contributed by atoms with Gasteiger partial charge in [-0.2, -0.15) is 0 Å². The predicted octanol–water partition coefficient (Wildman–Crippen LogP) is 1.05. The Morgan fingerprint density at radius 1 is 1.38 bits per heavy atom. The molecule has 1 fully saturated rings. The second-order valence-corrected chi connectivity index (χ2v) is 7.49. The number of hydrogen-bond acceptors (Lipinski definition) is 4. The van der Waals surface area contributed by atoms with Crippen molar-refractivity contribution >= 4 is 31.9 Å². The summed E-state index contributed by atoms with van der Waals surface area (Å²) < 4.78 is 23.4. The third-order valence-electron chi connectivity index (χ3n) is 3.66. The van der Waals surface area contributed by atoms with Gasteiger partial charge in [-0.25, -0.2) is 13.6 Å². The maximum Gasteiger partial charge on any atom is 0.255 e. The lowest BCUT2D eigenvalue weighted by Gasteiger charge is -2.35. The number of rotatable bonds is 3. The number of likely N-dealkylation sites (tertiary alicyclic amines) is 1. The smallest absolute Gasteiger partial charge is 0.255 e. The molecule has 1 aliphatic rings. The predicted molar refractivity (Wildman–Crippen MR) is 83.2 cm³/mol. The number of hydrogen-bond donors (Lipinski definition) is 2. The number of nitrogens with two attached hydrogens (primary N) is 2. The van der Waals surface area contributed by atoms with Gasteiger partial charge < -0.3 is 10.6 Å². The van der Waals surface area contributed by atoms with Gasteiger partial charge in [-0.1, -0.05) is 0 Å². The van der Waals surface area contributed by atoms with Crippen molar-refractivity contribution in [3.05, 3.63) is 28.2 Å². The molecule has 0 spiro atoms. The summed E-state index contributed by atoms with van der Waals surface area (Å²) in [7, 11) is -3.84. The monoisotopic (exact) mass is 375 g/mol. The molecule has 1 aliphatic heterocycles. The van der Waals surface area contributed by atoms with Gasteiger partial charge in [-0.05, 0) is 53.4 Å². The minimum absolute atomic E-state index is 0.00344. The minimum atomic E-state index is -3.84. The van der Waals surface area contributed by atoms with Crippen LogP contribution in [0.3, 0.4) is 0 Å². The van der Waals surface area contributed by atoms with Crippen molar-refractivity contribution in [2.45, 2.75) is 30.2 Å². The lowest BCUT2D eigenvalue weighted by atomic mass is 10.0. The molecule has 21 heavy (non-hydrogen) atoms. The Kier molecular flexibility index (Phi) is 5.03. The van der Waals surface area contributed by atoms with Crippen molar-refractivity contribution < 1.29 is 13.2 Å². The summed E-state index contributed by atoms with van der Waals surface area (Å²) in [6, 6.07) is 4.20. The van der Waals surface area contributed by atoms with Gasteiger partial charge in [0.25, 0.3) is 5.91 Å². The van der Waals surface area contributed by atoms with Crippen LogP contribution in [0.25, 0.3) is 0 Å². The molecule has 0 saturated carbocycles. The first-order valence-corrected chi connectivity index (χ1v) is 9.02. The summed E-state index contributed by atoms with van der Waals surface area (Å²) in [4.78, 5) is 14.3. The highest BCUT2D eigenvalue weighted by Gasteiger charge is 2.28. The van der Waals surface area contributed by atoms with Crippen LogP contribution in [0.1, 0.15) is 29.6 Å². The van der Waals surface area contributed by atoms with Crippen molar-refractivity contribution in [3.63, 3.8) is 0 Å². The average molecular weight is 376 g/mol. The van der Waals surface area contributed by atoms with Crippen molar-refractivity contribution in [1.82, 2.24) is 4.90 Å². The first kappa shape index (κ1) is 16.4. The molecule has 1 heterocycles. The fourth-order valence-electron chi connectivity index (χ4n) is 2.51. The molecule has 0 aromatic heterocycles.